The molecule has 0 fully saturated rings. The van der Waals surface area contributed by atoms with Gasteiger partial charge in [0.15, 0.2) is 0 Å². The molecule has 0 unspecified atom stereocenters. The van der Waals surface area contributed by atoms with Gasteiger partial charge in [-0.05, 0) is 39.9 Å². The summed E-state index contributed by atoms with van der Waals surface area (Å²) in [5.74, 6) is -0.527. The second-order valence-electron chi connectivity index (χ2n) is 4.11. The number of esters is 1. The van der Waals surface area contributed by atoms with E-state index in [1.54, 1.807) is 18.3 Å². The molecule has 0 aliphatic carbocycles. The third-order valence-electron chi connectivity index (χ3n) is 2.53. The largest absolute Gasteiger partial charge is 0.462 e. The van der Waals surface area contributed by atoms with Crippen LogP contribution in [-0.4, -0.2) is 30.0 Å². The van der Waals surface area contributed by atoms with Gasteiger partial charge in [0.1, 0.15) is 0 Å². The zero-order valence-electron chi connectivity index (χ0n) is 11.0. The number of hydrogen-bond acceptors (Lipinski definition) is 5. The van der Waals surface area contributed by atoms with Gasteiger partial charge >= 0.3 is 5.97 Å². The van der Waals surface area contributed by atoms with Gasteiger partial charge in [-0.3, -0.25) is 9.78 Å². The highest BCUT2D eigenvalue weighted by Gasteiger charge is 2.08. The summed E-state index contributed by atoms with van der Waals surface area (Å²) >= 11 is 4.63. The van der Waals surface area contributed by atoms with Gasteiger partial charge in [0.25, 0.3) is 5.91 Å². The van der Waals surface area contributed by atoms with Crippen molar-refractivity contribution in [2.75, 3.05) is 13.2 Å². The molecule has 1 N–H and O–H groups in total. The monoisotopic (exact) mass is 368 g/mol. The molecule has 0 saturated carbocycles. The van der Waals surface area contributed by atoms with Crippen LogP contribution < -0.4 is 5.32 Å². The van der Waals surface area contributed by atoms with E-state index in [9.17, 15) is 9.59 Å². The number of nitrogens with zero attached hydrogens (tertiary/aromatic N) is 1. The highest BCUT2D eigenvalue weighted by atomic mass is 79.9. The van der Waals surface area contributed by atoms with Crippen LogP contribution in [-0.2, 0) is 4.74 Å². The Hall–Kier alpha value is -1.73. The van der Waals surface area contributed by atoms with Gasteiger partial charge in [0.2, 0.25) is 0 Å². The Bertz CT molecular complexity index is 616. The third kappa shape index (κ3) is 4.95. The molecule has 0 aliphatic rings. The minimum atomic E-state index is -0.423. The maximum atomic E-state index is 11.7. The van der Waals surface area contributed by atoms with Crippen LogP contribution in [0.15, 0.2) is 40.4 Å². The lowest BCUT2D eigenvalue weighted by Crippen LogP contribution is -2.24. The fourth-order valence-electron chi connectivity index (χ4n) is 1.54. The molecule has 7 heteroatoms. The van der Waals surface area contributed by atoms with E-state index in [2.05, 4.69) is 26.2 Å². The minimum absolute atomic E-state index is 0.104. The van der Waals surface area contributed by atoms with Crippen molar-refractivity contribution in [3.05, 3.63) is 50.9 Å². The van der Waals surface area contributed by atoms with E-state index in [4.69, 9.17) is 4.74 Å². The number of hydrogen-bond donors (Lipinski definition) is 1. The lowest BCUT2D eigenvalue weighted by atomic mass is 10.3. The smallest absolute Gasteiger partial charge is 0.339 e. The molecule has 0 aromatic carbocycles. The van der Waals surface area contributed by atoms with Gasteiger partial charge in [-0.15, -0.1) is 11.3 Å². The second kappa shape index (κ2) is 7.90. The average Bonchev–Trinajstić information content (AvgIpc) is 3.00. The Morgan fingerprint density at radius 3 is 2.95 bits per heavy atom. The summed E-state index contributed by atoms with van der Waals surface area (Å²) in [6, 6.07) is 5.24. The summed E-state index contributed by atoms with van der Waals surface area (Å²) in [5.41, 5.74) is 0.395. The normalized spacial score (nSPS) is 10.1. The highest BCUT2D eigenvalue weighted by Crippen LogP contribution is 2.10. The number of pyridine rings is 1. The first-order chi connectivity index (χ1) is 10.2. The average molecular weight is 369 g/mol. The molecule has 2 aromatic heterocycles. The lowest BCUT2D eigenvalue weighted by Gasteiger charge is -2.06. The summed E-state index contributed by atoms with van der Waals surface area (Å²) in [4.78, 5) is 27.9. The van der Waals surface area contributed by atoms with Crippen molar-refractivity contribution < 1.29 is 14.3 Å². The van der Waals surface area contributed by atoms with Crippen LogP contribution in [0.1, 0.15) is 26.5 Å². The van der Waals surface area contributed by atoms with Crippen molar-refractivity contribution in [2.45, 2.75) is 6.42 Å². The molecule has 2 rings (SSSR count). The van der Waals surface area contributed by atoms with Gasteiger partial charge in [-0.25, -0.2) is 4.79 Å². The van der Waals surface area contributed by atoms with Gasteiger partial charge in [-0.1, -0.05) is 6.07 Å². The number of nitrogens with one attached hydrogen (secondary N) is 1. The highest BCUT2D eigenvalue weighted by molar-refractivity contribution is 9.10. The number of rotatable bonds is 6. The molecule has 5 nitrogen and oxygen atoms in total. The zero-order valence-corrected chi connectivity index (χ0v) is 13.4. The lowest BCUT2D eigenvalue weighted by molar-refractivity contribution is 0.0500. The minimum Gasteiger partial charge on any atom is -0.462 e. The van der Waals surface area contributed by atoms with E-state index in [1.807, 2.05) is 11.4 Å². The number of carbonyl (C=O) groups is 2. The quantitative estimate of drug-likeness (QED) is 0.628. The van der Waals surface area contributed by atoms with Crippen LogP contribution >= 0.6 is 27.3 Å². The van der Waals surface area contributed by atoms with E-state index in [1.165, 1.54) is 17.5 Å². The summed E-state index contributed by atoms with van der Waals surface area (Å²) in [6.45, 7) is 0.705. The maximum Gasteiger partial charge on any atom is 0.339 e. The molecule has 0 bridgehead atoms. The number of halogens is 1. The summed E-state index contributed by atoms with van der Waals surface area (Å²) in [5, 5.41) is 4.62. The number of carbonyl (C=O) groups excluding carboxylic acids is 2. The molecule has 110 valence electrons. The third-order valence-corrected chi connectivity index (χ3v) is 3.83. The molecule has 0 saturated heterocycles. The summed E-state index contributed by atoms with van der Waals surface area (Å²) in [7, 11) is 0. The van der Waals surface area contributed by atoms with Crippen LogP contribution in [0, 0.1) is 0 Å². The SMILES string of the molecule is O=C(OCCCNC(=O)c1cccs1)c1cncc(Br)c1. The van der Waals surface area contributed by atoms with E-state index in [-0.39, 0.29) is 12.5 Å². The van der Waals surface area contributed by atoms with E-state index >= 15 is 0 Å². The number of amides is 1. The Kier molecular flexibility index (Phi) is 5.89. The van der Waals surface area contributed by atoms with Gasteiger partial charge in [0, 0.05) is 23.4 Å². The molecule has 2 aromatic rings. The first-order valence-electron chi connectivity index (χ1n) is 6.26. The Balaban J connectivity index is 1.66. The number of ether oxygens (including phenoxy) is 1. The van der Waals surface area contributed by atoms with Gasteiger partial charge in [-0.2, -0.15) is 0 Å². The van der Waals surface area contributed by atoms with Crippen molar-refractivity contribution >= 4 is 39.1 Å². The summed E-state index contributed by atoms with van der Waals surface area (Å²) < 4.78 is 5.83. The van der Waals surface area contributed by atoms with E-state index in [0.29, 0.717) is 23.4 Å². The van der Waals surface area contributed by atoms with Crippen LogP contribution in [0.2, 0.25) is 0 Å². The zero-order chi connectivity index (χ0) is 15.1. The standard InChI is InChI=1S/C14H13BrN2O3S/c15-11-7-10(8-16-9-11)14(19)20-5-2-4-17-13(18)12-3-1-6-21-12/h1,3,6-9H,2,4-5H2,(H,17,18). The fraction of sp³-hybridized carbons (Fsp3) is 0.214. The van der Waals surface area contributed by atoms with Crippen molar-refractivity contribution in [2.24, 2.45) is 0 Å². The number of thiophene rings is 1. The molecule has 0 spiro atoms. The number of aromatic nitrogens is 1. The first-order valence-corrected chi connectivity index (χ1v) is 7.93. The summed E-state index contributed by atoms with van der Waals surface area (Å²) in [6.07, 6.45) is 3.60. The van der Waals surface area contributed by atoms with Crippen molar-refractivity contribution in [3.63, 3.8) is 0 Å². The van der Waals surface area contributed by atoms with Crippen LogP contribution in [0.5, 0.6) is 0 Å². The Labute approximate surface area is 134 Å². The van der Waals surface area contributed by atoms with E-state index in [0.717, 1.165) is 4.47 Å². The van der Waals surface area contributed by atoms with Crippen molar-refractivity contribution in [3.8, 4) is 0 Å². The molecule has 0 aliphatic heterocycles. The van der Waals surface area contributed by atoms with Crippen LogP contribution in [0.25, 0.3) is 0 Å². The molecule has 0 atom stereocenters. The molecular weight excluding hydrogens is 356 g/mol. The van der Waals surface area contributed by atoms with Gasteiger partial charge < -0.3 is 10.1 Å². The van der Waals surface area contributed by atoms with Crippen molar-refractivity contribution in [1.29, 1.82) is 0 Å². The second-order valence-corrected chi connectivity index (χ2v) is 5.98. The molecule has 2 heterocycles. The van der Waals surface area contributed by atoms with Gasteiger partial charge in [0.05, 0.1) is 17.0 Å². The van der Waals surface area contributed by atoms with Crippen LogP contribution in [0.3, 0.4) is 0 Å². The molecule has 0 radical (unpaired) electrons. The topological polar surface area (TPSA) is 68.3 Å². The van der Waals surface area contributed by atoms with E-state index < -0.39 is 5.97 Å². The molecular formula is C14H13BrN2O3S. The Morgan fingerprint density at radius 2 is 2.24 bits per heavy atom. The molecule has 1 amide bonds. The Morgan fingerprint density at radius 1 is 1.38 bits per heavy atom. The predicted octanol–water partition coefficient (Wildman–Crippen LogP) is 2.88. The molecule has 21 heavy (non-hydrogen) atoms. The fourth-order valence-corrected chi connectivity index (χ4v) is 2.55. The first kappa shape index (κ1) is 15.7. The predicted molar refractivity (Wildman–Crippen MR) is 83.5 cm³/mol. The maximum absolute atomic E-state index is 11.7. The van der Waals surface area contributed by atoms with Crippen LogP contribution in [0.4, 0.5) is 0 Å². The van der Waals surface area contributed by atoms with Crippen molar-refractivity contribution in [1.82, 2.24) is 10.3 Å².